The maximum atomic E-state index is 5.95. The minimum atomic E-state index is 0.490. The Morgan fingerprint density at radius 2 is 1.76 bits per heavy atom. The Hall–Kier alpha value is -1.59. The van der Waals surface area contributed by atoms with Gasteiger partial charge in [0.2, 0.25) is 0 Å². The Kier molecular flexibility index (Phi) is 5.59. The number of benzene rings is 1. The van der Waals surface area contributed by atoms with E-state index in [9.17, 15) is 0 Å². The number of nitrogens with zero attached hydrogens (tertiary/aromatic N) is 2. The van der Waals surface area contributed by atoms with Crippen molar-refractivity contribution in [2.75, 3.05) is 7.11 Å². The summed E-state index contributed by atoms with van der Waals surface area (Å²) in [5, 5.41) is 9.62. The van der Waals surface area contributed by atoms with E-state index in [0.717, 1.165) is 39.8 Å². The van der Waals surface area contributed by atoms with Gasteiger partial charge in [0.05, 0.1) is 12.8 Å². The molecule has 5 heteroatoms. The molecule has 0 radical (unpaired) electrons. The summed E-state index contributed by atoms with van der Waals surface area (Å²) in [4.78, 5) is 1.10. The highest BCUT2D eigenvalue weighted by Gasteiger charge is 2.14. The second kappa shape index (κ2) is 7.43. The van der Waals surface area contributed by atoms with Gasteiger partial charge in [0.1, 0.15) is 10.8 Å². The van der Waals surface area contributed by atoms with Crippen molar-refractivity contribution in [1.82, 2.24) is 10.2 Å². The normalized spacial score (nSPS) is 10.7. The van der Waals surface area contributed by atoms with Crippen molar-refractivity contribution in [3.05, 3.63) is 41.1 Å². The van der Waals surface area contributed by atoms with E-state index in [1.807, 2.05) is 24.3 Å². The molecule has 112 valence electrons. The lowest BCUT2D eigenvalue weighted by atomic mass is 10.0. The Balaban J connectivity index is 2.34. The zero-order valence-electron chi connectivity index (χ0n) is 12.7. The van der Waals surface area contributed by atoms with Gasteiger partial charge >= 0.3 is 0 Å². The summed E-state index contributed by atoms with van der Waals surface area (Å²) in [6.07, 6.45) is 1.82. The second-order valence-corrected chi connectivity index (χ2v) is 5.66. The van der Waals surface area contributed by atoms with E-state index in [2.05, 4.69) is 24.0 Å². The summed E-state index contributed by atoms with van der Waals surface area (Å²) < 4.78 is 5.17. The van der Waals surface area contributed by atoms with E-state index in [0.29, 0.717) is 6.54 Å². The lowest BCUT2D eigenvalue weighted by Crippen LogP contribution is -2.10. The lowest BCUT2D eigenvalue weighted by Gasteiger charge is -2.13. The first-order valence-corrected chi connectivity index (χ1v) is 7.94. The summed E-state index contributed by atoms with van der Waals surface area (Å²) in [5.41, 5.74) is 9.36. The summed E-state index contributed by atoms with van der Waals surface area (Å²) in [6, 6.07) is 7.92. The van der Waals surface area contributed by atoms with Gasteiger partial charge in [-0.15, -0.1) is 5.10 Å². The number of ether oxygens (including phenoxy) is 1. The van der Waals surface area contributed by atoms with Crippen LogP contribution >= 0.6 is 11.8 Å². The van der Waals surface area contributed by atoms with Crippen molar-refractivity contribution in [3.63, 3.8) is 0 Å². The molecule has 1 aromatic carbocycles. The molecule has 0 aliphatic rings. The largest absolute Gasteiger partial charge is 0.497 e. The van der Waals surface area contributed by atoms with Gasteiger partial charge in [-0.2, -0.15) is 5.10 Å². The molecule has 2 N–H and O–H groups in total. The van der Waals surface area contributed by atoms with Crippen LogP contribution in [-0.2, 0) is 19.4 Å². The molecule has 4 nitrogen and oxygen atoms in total. The van der Waals surface area contributed by atoms with Crippen LogP contribution < -0.4 is 10.5 Å². The van der Waals surface area contributed by atoms with Crippen molar-refractivity contribution >= 4 is 11.8 Å². The molecular weight excluding hydrogens is 282 g/mol. The molecule has 0 atom stereocenters. The maximum Gasteiger partial charge on any atom is 0.128 e. The first-order valence-electron chi connectivity index (χ1n) is 7.12. The van der Waals surface area contributed by atoms with Crippen LogP contribution in [0.1, 0.15) is 30.7 Å². The third kappa shape index (κ3) is 3.54. The van der Waals surface area contributed by atoms with E-state index >= 15 is 0 Å². The van der Waals surface area contributed by atoms with Crippen LogP contribution in [0.4, 0.5) is 0 Å². The van der Waals surface area contributed by atoms with Gasteiger partial charge in [0, 0.05) is 17.0 Å². The summed E-state index contributed by atoms with van der Waals surface area (Å²) >= 11 is 1.60. The fourth-order valence-corrected chi connectivity index (χ4v) is 3.19. The van der Waals surface area contributed by atoms with Crippen molar-refractivity contribution < 1.29 is 4.74 Å². The summed E-state index contributed by atoms with van der Waals surface area (Å²) in [6.45, 7) is 4.72. The predicted molar refractivity (Wildman–Crippen MR) is 85.8 cm³/mol. The lowest BCUT2D eigenvalue weighted by molar-refractivity contribution is 0.414. The molecule has 0 saturated heterocycles. The summed E-state index contributed by atoms with van der Waals surface area (Å²) in [5.74, 6) is 0.847. The smallest absolute Gasteiger partial charge is 0.128 e. The number of rotatable bonds is 6. The fourth-order valence-electron chi connectivity index (χ4n) is 2.28. The van der Waals surface area contributed by atoms with Gasteiger partial charge < -0.3 is 10.5 Å². The van der Waals surface area contributed by atoms with Crippen LogP contribution in [0.5, 0.6) is 5.75 Å². The Labute approximate surface area is 130 Å². The highest BCUT2D eigenvalue weighted by atomic mass is 32.2. The van der Waals surface area contributed by atoms with E-state index in [1.54, 1.807) is 18.9 Å². The molecule has 21 heavy (non-hydrogen) atoms. The first kappa shape index (κ1) is 15.8. The van der Waals surface area contributed by atoms with Gasteiger partial charge in [-0.1, -0.05) is 25.6 Å². The van der Waals surface area contributed by atoms with E-state index in [-0.39, 0.29) is 0 Å². The quantitative estimate of drug-likeness (QED) is 0.888. The molecule has 2 aromatic rings. The van der Waals surface area contributed by atoms with Gasteiger partial charge in [-0.3, -0.25) is 0 Å². The van der Waals surface area contributed by atoms with Crippen LogP contribution in [0.2, 0.25) is 0 Å². The average Bonchev–Trinajstić information content (AvgIpc) is 2.54. The SMILES string of the molecule is CCc1nnc(Sc2ccc(OC)cc2)c(CN)c1CC. The number of aromatic nitrogens is 2. The van der Waals surface area contributed by atoms with Crippen molar-refractivity contribution in [1.29, 1.82) is 0 Å². The van der Waals surface area contributed by atoms with Gasteiger partial charge in [0.15, 0.2) is 0 Å². The van der Waals surface area contributed by atoms with E-state index < -0.39 is 0 Å². The zero-order valence-corrected chi connectivity index (χ0v) is 13.5. The van der Waals surface area contributed by atoms with Crippen molar-refractivity contribution in [2.45, 2.75) is 43.2 Å². The number of nitrogens with two attached hydrogens (primary N) is 1. The Morgan fingerprint density at radius 3 is 2.29 bits per heavy atom. The molecule has 0 aliphatic heterocycles. The first-order chi connectivity index (χ1) is 10.2. The van der Waals surface area contributed by atoms with Crippen LogP contribution in [0.25, 0.3) is 0 Å². The molecule has 0 spiro atoms. The molecule has 2 rings (SSSR count). The molecule has 0 bridgehead atoms. The molecule has 0 fully saturated rings. The average molecular weight is 303 g/mol. The number of hydrogen-bond donors (Lipinski definition) is 1. The summed E-state index contributed by atoms with van der Waals surface area (Å²) in [7, 11) is 1.66. The standard InChI is InChI=1S/C16H21N3OS/c1-4-13-14(10-17)16(19-18-15(13)5-2)21-12-8-6-11(20-3)7-9-12/h6-9H,4-5,10,17H2,1-3H3. The Bertz CT molecular complexity index is 599. The zero-order chi connectivity index (χ0) is 15.2. The van der Waals surface area contributed by atoms with E-state index in [4.69, 9.17) is 10.5 Å². The number of aryl methyl sites for hydroxylation is 1. The Morgan fingerprint density at radius 1 is 1.05 bits per heavy atom. The molecular formula is C16H21N3OS. The minimum Gasteiger partial charge on any atom is -0.497 e. The number of methoxy groups -OCH3 is 1. The monoisotopic (exact) mass is 303 g/mol. The van der Waals surface area contributed by atoms with E-state index in [1.165, 1.54) is 5.56 Å². The van der Waals surface area contributed by atoms with Crippen LogP contribution in [0.15, 0.2) is 34.2 Å². The van der Waals surface area contributed by atoms with Gasteiger partial charge in [0.25, 0.3) is 0 Å². The fraction of sp³-hybridized carbons (Fsp3) is 0.375. The topological polar surface area (TPSA) is 61.0 Å². The van der Waals surface area contributed by atoms with Gasteiger partial charge in [-0.25, -0.2) is 0 Å². The maximum absolute atomic E-state index is 5.95. The molecule has 1 heterocycles. The van der Waals surface area contributed by atoms with Crippen LogP contribution in [0.3, 0.4) is 0 Å². The van der Waals surface area contributed by atoms with Crippen LogP contribution in [0, 0.1) is 0 Å². The highest BCUT2D eigenvalue weighted by molar-refractivity contribution is 7.99. The third-order valence-corrected chi connectivity index (χ3v) is 4.43. The molecule has 0 unspecified atom stereocenters. The second-order valence-electron chi connectivity index (χ2n) is 4.60. The molecule has 0 aliphatic carbocycles. The highest BCUT2D eigenvalue weighted by Crippen LogP contribution is 2.31. The predicted octanol–water partition coefficient (Wildman–Crippen LogP) is 3.22. The van der Waals surface area contributed by atoms with Crippen molar-refractivity contribution in [3.8, 4) is 5.75 Å². The molecule has 1 aromatic heterocycles. The minimum absolute atomic E-state index is 0.490. The third-order valence-electron chi connectivity index (χ3n) is 3.40. The van der Waals surface area contributed by atoms with Gasteiger partial charge in [-0.05, 0) is 42.7 Å². The number of hydrogen-bond acceptors (Lipinski definition) is 5. The van der Waals surface area contributed by atoms with Crippen LogP contribution in [-0.4, -0.2) is 17.3 Å². The molecule has 0 saturated carbocycles. The van der Waals surface area contributed by atoms with Crippen molar-refractivity contribution in [2.24, 2.45) is 5.73 Å². The molecule has 0 amide bonds.